The Hall–Kier alpha value is -1.06. The molecule has 2 atom stereocenters. The molecule has 0 spiro atoms. The molecule has 0 unspecified atom stereocenters. The normalized spacial score (nSPS) is 24.8. The summed E-state index contributed by atoms with van der Waals surface area (Å²) in [7, 11) is 1.32. The molecule has 68 valence electrons. The van der Waals surface area contributed by atoms with Crippen LogP contribution in [0.15, 0.2) is 0 Å². The number of hydrogen-bond acceptors (Lipinski definition) is 4. The second-order valence-electron chi connectivity index (χ2n) is 2.87. The Labute approximate surface area is 70.8 Å². The Kier molecular flexibility index (Phi) is 2.68. The summed E-state index contributed by atoms with van der Waals surface area (Å²) in [4.78, 5) is 22.0. The molecule has 0 aromatic carbocycles. The van der Waals surface area contributed by atoms with E-state index in [0.717, 1.165) is 0 Å². The van der Waals surface area contributed by atoms with Gasteiger partial charge in [-0.25, -0.2) is 0 Å². The third kappa shape index (κ3) is 1.57. The van der Waals surface area contributed by atoms with Crippen molar-refractivity contribution in [3.8, 4) is 0 Å². The van der Waals surface area contributed by atoms with Crippen molar-refractivity contribution in [1.29, 1.82) is 0 Å². The molecule has 0 bridgehead atoms. The fraction of sp³-hybridized carbons (Fsp3) is 0.750. The van der Waals surface area contributed by atoms with E-state index in [0.29, 0.717) is 13.0 Å². The Morgan fingerprint density at radius 2 is 2.42 bits per heavy atom. The minimum Gasteiger partial charge on any atom is -0.469 e. The second kappa shape index (κ2) is 3.56. The van der Waals surface area contributed by atoms with Crippen LogP contribution in [0, 0.1) is 11.8 Å². The molecule has 1 aliphatic rings. The van der Waals surface area contributed by atoms with Gasteiger partial charge in [0.25, 0.3) is 0 Å². The van der Waals surface area contributed by atoms with Gasteiger partial charge in [-0.1, -0.05) is 6.92 Å². The number of cyclic esters (lactones) is 1. The molecular weight excluding hydrogens is 160 g/mol. The molecule has 0 aromatic heterocycles. The molecule has 1 aliphatic heterocycles. The Morgan fingerprint density at radius 3 is 2.83 bits per heavy atom. The Balaban J connectivity index is 2.57. The van der Waals surface area contributed by atoms with E-state index in [-0.39, 0.29) is 23.8 Å². The molecule has 0 saturated carbocycles. The van der Waals surface area contributed by atoms with Crippen LogP contribution in [0.25, 0.3) is 0 Å². The van der Waals surface area contributed by atoms with E-state index in [1.807, 2.05) is 0 Å². The van der Waals surface area contributed by atoms with Crippen LogP contribution in [0.4, 0.5) is 0 Å². The van der Waals surface area contributed by atoms with Crippen molar-refractivity contribution in [2.75, 3.05) is 13.7 Å². The summed E-state index contributed by atoms with van der Waals surface area (Å²) in [5.41, 5.74) is 0. The van der Waals surface area contributed by atoms with E-state index >= 15 is 0 Å². The van der Waals surface area contributed by atoms with Gasteiger partial charge >= 0.3 is 11.9 Å². The number of ether oxygens (including phenoxy) is 2. The summed E-state index contributed by atoms with van der Waals surface area (Å²) in [5.74, 6) is -1.32. The van der Waals surface area contributed by atoms with Crippen LogP contribution < -0.4 is 0 Å². The lowest BCUT2D eigenvalue weighted by molar-refractivity contribution is -0.153. The summed E-state index contributed by atoms with van der Waals surface area (Å²) in [5, 5.41) is 0. The molecule has 4 heteroatoms. The van der Waals surface area contributed by atoms with E-state index in [1.165, 1.54) is 7.11 Å². The van der Waals surface area contributed by atoms with Crippen molar-refractivity contribution >= 4 is 11.9 Å². The molecule has 0 aromatic rings. The van der Waals surface area contributed by atoms with Crippen LogP contribution in [0.5, 0.6) is 0 Å². The lowest BCUT2D eigenvalue weighted by Crippen LogP contribution is -2.25. The van der Waals surface area contributed by atoms with Gasteiger partial charge in [0.1, 0.15) is 0 Å². The lowest BCUT2D eigenvalue weighted by atomic mass is 9.93. The number of carbonyl (C=O) groups is 2. The first kappa shape index (κ1) is 9.03. The van der Waals surface area contributed by atoms with Gasteiger partial charge in [0, 0.05) is 0 Å². The minimum absolute atomic E-state index is 0.284. The van der Waals surface area contributed by atoms with Gasteiger partial charge in [-0.05, 0) is 6.42 Å². The highest BCUT2D eigenvalue weighted by Gasteiger charge is 2.35. The van der Waals surface area contributed by atoms with E-state index in [1.54, 1.807) is 6.92 Å². The first-order chi connectivity index (χ1) is 5.66. The van der Waals surface area contributed by atoms with Crippen molar-refractivity contribution in [1.82, 2.24) is 0 Å². The van der Waals surface area contributed by atoms with Crippen LogP contribution in [0.3, 0.4) is 0 Å². The topological polar surface area (TPSA) is 52.6 Å². The Bertz CT molecular complexity index is 199. The first-order valence-corrected chi connectivity index (χ1v) is 3.91. The van der Waals surface area contributed by atoms with Crippen LogP contribution in [0.2, 0.25) is 0 Å². The summed E-state index contributed by atoms with van der Waals surface area (Å²) in [6.07, 6.45) is 0.620. The monoisotopic (exact) mass is 172 g/mol. The van der Waals surface area contributed by atoms with E-state index in [2.05, 4.69) is 4.74 Å². The summed E-state index contributed by atoms with van der Waals surface area (Å²) >= 11 is 0. The van der Waals surface area contributed by atoms with Crippen LogP contribution in [-0.2, 0) is 19.1 Å². The molecule has 1 heterocycles. The minimum atomic E-state index is -0.384. The predicted molar refractivity (Wildman–Crippen MR) is 40.2 cm³/mol. The van der Waals surface area contributed by atoms with E-state index in [4.69, 9.17) is 4.74 Å². The van der Waals surface area contributed by atoms with Crippen LogP contribution >= 0.6 is 0 Å². The van der Waals surface area contributed by atoms with Gasteiger partial charge in [0.05, 0.1) is 25.6 Å². The zero-order valence-electron chi connectivity index (χ0n) is 7.20. The molecule has 0 radical (unpaired) electrons. The van der Waals surface area contributed by atoms with E-state index in [9.17, 15) is 9.59 Å². The molecule has 0 N–H and O–H groups in total. The molecule has 1 rings (SSSR count). The number of carbonyl (C=O) groups excluding carboxylic acids is 2. The average molecular weight is 172 g/mol. The van der Waals surface area contributed by atoms with Crippen molar-refractivity contribution < 1.29 is 19.1 Å². The van der Waals surface area contributed by atoms with Gasteiger partial charge in [-0.2, -0.15) is 0 Å². The highest BCUT2D eigenvalue weighted by atomic mass is 16.5. The van der Waals surface area contributed by atoms with Gasteiger partial charge in [0.15, 0.2) is 0 Å². The maximum Gasteiger partial charge on any atom is 0.309 e. The summed E-state index contributed by atoms with van der Waals surface area (Å²) in [6, 6.07) is 0. The summed E-state index contributed by atoms with van der Waals surface area (Å²) < 4.78 is 9.26. The maximum atomic E-state index is 11.0. The van der Waals surface area contributed by atoms with Gasteiger partial charge in [-0.3, -0.25) is 9.59 Å². The number of methoxy groups -OCH3 is 1. The van der Waals surface area contributed by atoms with Crippen molar-refractivity contribution in [3.63, 3.8) is 0 Å². The third-order valence-electron chi connectivity index (χ3n) is 2.15. The van der Waals surface area contributed by atoms with Crippen molar-refractivity contribution in [2.24, 2.45) is 11.8 Å². The number of rotatable bonds is 2. The smallest absolute Gasteiger partial charge is 0.309 e. The molecular formula is C8H12O4. The molecule has 1 fully saturated rings. The lowest BCUT2D eigenvalue weighted by Gasteiger charge is -2.11. The van der Waals surface area contributed by atoms with Crippen molar-refractivity contribution in [3.05, 3.63) is 0 Å². The summed E-state index contributed by atoms with van der Waals surface area (Å²) in [6.45, 7) is 2.11. The molecule has 0 aliphatic carbocycles. The SMILES string of the molecule is COC(=O)[C@H](C)[C@H]1CCOC1=O. The molecule has 12 heavy (non-hydrogen) atoms. The first-order valence-electron chi connectivity index (χ1n) is 3.91. The zero-order valence-corrected chi connectivity index (χ0v) is 7.20. The predicted octanol–water partition coefficient (Wildman–Crippen LogP) is 0.359. The maximum absolute atomic E-state index is 11.0. The standard InChI is InChI=1S/C8H12O4/c1-5(7(9)11-2)6-3-4-12-8(6)10/h5-6H,3-4H2,1-2H3/t5-,6-/m1/s1. The molecule has 0 amide bonds. The quantitative estimate of drug-likeness (QED) is 0.564. The second-order valence-corrected chi connectivity index (χ2v) is 2.87. The van der Waals surface area contributed by atoms with Crippen LogP contribution in [-0.4, -0.2) is 25.7 Å². The number of esters is 2. The van der Waals surface area contributed by atoms with Gasteiger partial charge in [-0.15, -0.1) is 0 Å². The highest BCUT2D eigenvalue weighted by Crippen LogP contribution is 2.23. The van der Waals surface area contributed by atoms with Gasteiger partial charge in [0.2, 0.25) is 0 Å². The Morgan fingerprint density at radius 1 is 1.75 bits per heavy atom. The molecule has 1 saturated heterocycles. The van der Waals surface area contributed by atoms with Gasteiger partial charge < -0.3 is 9.47 Å². The third-order valence-corrected chi connectivity index (χ3v) is 2.15. The highest BCUT2D eigenvalue weighted by molar-refractivity contribution is 5.82. The average Bonchev–Trinajstić information content (AvgIpc) is 2.48. The van der Waals surface area contributed by atoms with Crippen molar-refractivity contribution in [2.45, 2.75) is 13.3 Å². The van der Waals surface area contributed by atoms with E-state index < -0.39 is 0 Å². The fourth-order valence-electron chi connectivity index (χ4n) is 1.32. The molecule has 4 nitrogen and oxygen atoms in total. The number of hydrogen-bond donors (Lipinski definition) is 0. The largest absolute Gasteiger partial charge is 0.469 e. The fourth-order valence-corrected chi connectivity index (χ4v) is 1.32. The van der Waals surface area contributed by atoms with Crippen LogP contribution in [0.1, 0.15) is 13.3 Å². The zero-order chi connectivity index (χ0) is 9.14.